The summed E-state index contributed by atoms with van der Waals surface area (Å²) < 4.78 is 4.68. The molecule has 0 atom stereocenters. The monoisotopic (exact) mass is 273 g/mol. The van der Waals surface area contributed by atoms with Crippen LogP contribution in [0.4, 0.5) is 0 Å². The van der Waals surface area contributed by atoms with Crippen LogP contribution in [0.2, 0.25) is 0 Å². The minimum atomic E-state index is -0.416. The van der Waals surface area contributed by atoms with Crippen LogP contribution in [0, 0.1) is 11.8 Å². The van der Waals surface area contributed by atoms with E-state index >= 15 is 0 Å². The van der Waals surface area contributed by atoms with Gasteiger partial charge in [0, 0.05) is 11.6 Å². The van der Waals surface area contributed by atoms with Crippen molar-refractivity contribution >= 4 is 11.9 Å². The number of amides is 1. The number of benzene rings is 1. The molecule has 2 aliphatic rings. The van der Waals surface area contributed by atoms with Crippen molar-refractivity contribution in [3.8, 4) is 0 Å². The van der Waals surface area contributed by atoms with Crippen LogP contribution in [0.1, 0.15) is 46.4 Å². The molecule has 1 amide bonds. The number of esters is 1. The van der Waals surface area contributed by atoms with Crippen LogP contribution in [0.3, 0.4) is 0 Å². The fraction of sp³-hybridized carbons (Fsp3) is 0.500. The Hall–Kier alpha value is -1.84. The SMILES string of the molecule is COC(=O)c1cccc(C(=O)NC(C2CC2)C2CC2)c1. The van der Waals surface area contributed by atoms with Gasteiger partial charge in [0.1, 0.15) is 0 Å². The minimum absolute atomic E-state index is 0.0837. The molecule has 3 rings (SSSR count). The Morgan fingerprint density at radius 2 is 1.75 bits per heavy atom. The predicted octanol–water partition coefficient (Wildman–Crippen LogP) is 2.39. The first kappa shape index (κ1) is 13.2. The maximum absolute atomic E-state index is 12.3. The van der Waals surface area contributed by atoms with Gasteiger partial charge in [0.2, 0.25) is 0 Å². The van der Waals surface area contributed by atoms with Crippen molar-refractivity contribution in [3.63, 3.8) is 0 Å². The molecule has 0 heterocycles. The molecule has 0 spiro atoms. The molecule has 106 valence electrons. The topological polar surface area (TPSA) is 55.4 Å². The van der Waals surface area contributed by atoms with Crippen LogP contribution in [0.15, 0.2) is 24.3 Å². The number of hydrogen-bond acceptors (Lipinski definition) is 3. The van der Waals surface area contributed by atoms with E-state index in [2.05, 4.69) is 10.1 Å². The first-order chi connectivity index (χ1) is 9.69. The lowest BCUT2D eigenvalue weighted by Gasteiger charge is -2.17. The second kappa shape index (κ2) is 5.27. The Kier molecular flexibility index (Phi) is 3.47. The first-order valence-electron chi connectivity index (χ1n) is 7.18. The van der Waals surface area contributed by atoms with Crippen LogP contribution in [0.5, 0.6) is 0 Å². The van der Waals surface area contributed by atoms with Crippen LogP contribution in [0.25, 0.3) is 0 Å². The second-order valence-corrected chi connectivity index (χ2v) is 5.75. The van der Waals surface area contributed by atoms with E-state index in [9.17, 15) is 9.59 Å². The van der Waals surface area contributed by atoms with E-state index in [0.717, 1.165) is 0 Å². The largest absolute Gasteiger partial charge is 0.465 e. The van der Waals surface area contributed by atoms with Gasteiger partial charge in [-0.15, -0.1) is 0 Å². The maximum atomic E-state index is 12.3. The average Bonchev–Trinajstić information content (AvgIpc) is 3.36. The lowest BCUT2D eigenvalue weighted by molar-refractivity contribution is 0.0600. The minimum Gasteiger partial charge on any atom is -0.465 e. The van der Waals surface area contributed by atoms with E-state index in [-0.39, 0.29) is 5.91 Å². The van der Waals surface area contributed by atoms with E-state index in [1.165, 1.54) is 32.8 Å². The van der Waals surface area contributed by atoms with Crippen molar-refractivity contribution in [1.29, 1.82) is 0 Å². The molecule has 1 aromatic rings. The summed E-state index contributed by atoms with van der Waals surface area (Å²) in [6.07, 6.45) is 4.90. The van der Waals surface area contributed by atoms with Gasteiger partial charge in [-0.05, 0) is 55.7 Å². The predicted molar refractivity (Wildman–Crippen MR) is 74.5 cm³/mol. The van der Waals surface area contributed by atoms with E-state index in [1.54, 1.807) is 24.3 Å². The molecule has 0 radical (unpaired) electrons. The molecular weight excluding hydrogens is 254 g/mol. The fourth-order valence-corrected chi connectivity index (χ4v) is 2.67. The Morgan fingerprint density at radius 3 is 2.30 bits per heavy atom. The number of nitrogens with one attached hydrogen (secondary N) is 1. The zero-order valence-electron chi connectivity index (χ0n) is 11.6. The van der Waals surface area contributed by atoms with E-state index in [4.69, 9.17) is 0 Å². The molecule has 0 bridgehead atoms. The Labute approximate surface area is 118 Å². The Bertz CT molecular complexity index is 520. The molecule has 0 unspecified atom stereocenters. The lowest BCUT2D eigenvalue weighted by atomic mass is 10.1. The lowest BCUT2D eigenvalue weighted by Crippen LogP contribution is -2.38. The zero-order chi connectivity index (χ0) is 14.1. The summed E-state index contributed by atoms with van der Waals surface area (Å²) in [6, 6.07) is 7.02. The van der Waals surface area contributed by atoms with Crippen molar-refractivity contribution in [1.82, 2.24) is 5.32 Å². The van der Waals surface area contributed by atoms with Gasteiger partial charge in [-0.3, -0.25) is 4.79 Å². The molecule has 2 fully saturated rings. The van der Waals surface area contributed by atoms with Gasteiger partial charge in [0.05, 0.1) is 12.7 Å². The molecule has 2 saturated carbocycles. The highest BCUT2D eigenvalue weighted by Crippen LogP contribution is 2.44. The molecule has 0 aliphatic heterocycles. The number of ether oxygens (including phenoxy) is 1. The maximum Gasteiger partial charge on any atom is 0.337 e. The number of rotatable bonds is 5. The van der Waals surface area contributed by atoms with Crippen molar-refractivity contribution in [2.45, 2.75) is 31.7 Å². The van der Waals surface area contributed by atoms with Gasteiger partial charge in [-0.25, -0.2) is 4.79 Å². The van der Waals surface area contributed by atoms with E-state index in [0.29, 0.717) is 29.0 Å². The third-order valence-electron chi connectivity index (χ3n) is 4.10. The smallest absolute Gasteiger partial charge is 0.337 e. The van der Waals surface area contributed by atoms with Gasteiger partial charge in [-0.1, -0.05) is 6.07 Å². The number of carbonyl (C=O) groups is 2. The summed E-state index contributed by atoms with van der Waals surface area (Å²) in [5, 5.41) is 3.15. The molecule has 4 nitrogen and oxygen atoms in total. The molecule has 0 saturated heterocycles. The van der Waals surface area contributed by atoms with Crippen molar-refractivity contribution in [2.24, 2.45) is 11.8 Å². The number of methoxy groups -OCH3 is 1. The van der Waals surface area contributed by atoms with Crippen molar-refractivity contribution in [3.05, 3.63) is 35.4 Å². The van der Waals surface area contributed by atoms with Gasteiger partial charge in [-0.2, -0.15) is 0 Å². The Balaban J connectivity index is 1.71. The van der Waals surface area contributed by atoms with Gasteiger partial charge < -0.3 is 10.1 Å². The molecule has 20 heavy (non-hydrogen) atoms. The normalized spacial score (nSPS) is 17.9. The number of carbonyl (C=O) groups excluding carboxylic acids is 2. The van der Waals surface area contributed by atoms with Crippen LogP contribution in [-0.4, -0.2) is 25.0 Å². The second-order valence-electron chi connectivity index (χ2n) is 5.75. The molecule has 2 aliphatic carbocycles. The highest BCUT2D eigenvalue weighted by molar-refractivity contribution is 5.98. The standard InChI is InChI=1S/C16H19NO3/c1-20-16(19)13-4-2-3-12(9-13)15(18)17-14(10-5-6-10)11-7-8-11/h2-4,9-11,14H,5-8H2,1H3,(H,17,18). The highest BCUT2D eigenvalue weighted by atomic mass is 16.5. The average molecular weight is 273 g/mol. The van der Waals surface area contributed by atoms with E-state index in [1.807, 2.05) is 0 Å². The van der Waals surface area contributed by atoms with Crippen molar-refractivity contribution < 1.29 is 14.3 Å². The van der Waals surface area contributed by atoms with Gasteiger partial charge in [0.25, 0.3) is 5.91 Å². The zero-order valence-corrected chi connectivity index (χ0v) is 11.6. The van der Waals surface area contributed by atoms with Gasteiger partial charge in [0.15, 0.2) is 0 Å². The molecule has 1 N–H and O–H groups in total. The summed E-state index contributed by atoms with van der Waals surface area (Å²) in [4.78, 5) is 23.8. The quantitative estimate of drug-likeness (QED) is 0.838. The van der Waals surface area contributed by atoms with Gasteiger partial charge >= 0.3 is 5.97 Å². The van der Waals surface area contributed by atoms with Crippen LogP contribution >= 0.6 is 0 Å². The third-order valence-corrected chi connectivity index (χ3v) is 4.10. The Morgan fingerprint density at radius 1 is 1.15 bits per heavy atom. The summed E-state index contributed by atoms with van der Waals surface area (Å²) >= 11 is 0. The summed E-state index contributed by atoms with van der Waals surface area (Å²) in [5.41, 5.74) is 0.939. The highest BCUT2D eigenvalue weighted by Gasteiger charge is 2.42. The molecular formula is C16H19NO3. The number of hydrogen-bond donors (Lipinski definition) is 1. The molecule has 4 heteroatoms. The molecule has 0 aromatic heterocycles. The van der Waals surface area contributed by atoms with E-state index < -0.39 is 5.97 Å². The summed E-state index contributed by atoms with van der Waals surface area (Å²) in [5.74, 6) is 0.825. The third kappa shape index (κ3) is 2.84. The fourth-order valence-electron chi connectivity index (χ4n) is 2.67. The van der Waals surface area contributed by atoms with Crippen molar-refractivity contribution in [2.75, 3.05) is 7.11 Å². The summed E-state index contributed by atoms with van der Waals surface area (Å²) in [7, 11) is 1.34. The first-order valence-corrected chi connectivity index (χ1v) is 7.18. The molecule has 1 aromatic carbocycles. The van der Waals surface area contributed by atoms with Crippen LogP contribution < -0.4 is 5.32 Å². The summed E-state index contributed by atoms with van der Waals surface area (Å²) in [6.45, 7) is 0. The van der Waals surface area contributed by atoms with Crippen LogP contribution in [-0.2, 0) is 4.74 Å².